The Morgan fingerprint density at radius 1 is 1.00 bits per heavy atom. The molecule has 0 aliphatic heterocycles. The molecule has 0 heterocycles. The highest BCUT2D eigenvalue weighted by atomic mass is 16.3. The van der Waals surface area contributed by atoms with Crippen molar-refractivity contribution in [2.45, 2.75) is 52.1 Å². The van der Waals surface area contributed by atoms with Crippen LogP contribution in [0, 0.1) is 5.92 Å². The van der Waals surface area contributed by atoms with E-state index >= 15 is 0 Å². The van der Waals surface area contributed by atoms with Crippen LogP contribution in [0.2, 0.25) is 0 Å². The lowest BCUT2D eigenvalue weighted by Crippen LogP contribution is -2.12. The summed E-state index contributed by atoms with van der Waals surface area (Å²) < 4.78 is 0. The molecule has 0 aromatic carbocycles. The van der Waals surface area contributed by atoms with Gasteiger partial charge in [-0.3, -0.25) is 0 Å². The Balaban J connectivity index is 3.08. The van der Waals surface area contributed by atoms with E-state index in [4.69, 9.17) is 5.11 Å². The third kappa shape index (κ3) is 6.62. The largest absolute Gasteiger partial charge is 0.396 e. The van der Waals surface area contributed by atoms with E-state index in [0.717, 1.165) is 19.3 Å². The van der Waals surface area contributed by atoms with Gasteiger partial charge >= 0.3 is 0 Å². The molecule has 0 aliphatic rings. The molecule has 0 aliphatic carbocycles. The van der Waals surface area contributed by atoms with E-state index in [-0.39, 0.29) is 6.10 Å². The fourth-order valence-corrected chi connectivity index (χ4v) is 1.17. The first-order chi connectivity index (χ1) is 5.68. The molecule has 0 spiro atoms. The molecule has 0 saturated carbocycles. The Morgan fingerprint density at radius 3 is 2.08 bits per heavy atom. The van der Waals surface area contributed by atoms with Gasteiger partial charge in [0.15, 0.2) is 0 Å². The Hall–Kier alpha value is -0.0800. The molecule has 0 bridgehead atoms. The van der Waals surface area contributed by atoms with Crippen molar-refractivity contribution in [1.29, 1.82) is 0 Å². The van der Waals surface area contributed by atoms with Crippen LogP contribution < -0.4 is 0 Å². The zero-order valence-electron chi connectivity index (χ0n) is 8.29. The van der Waals surface area contributed by atoms with Crippen molar-refractivity contribution in [1.82, 2.24) is 0 Å². The summed E-state index contributed by atoms with van der Waals surface area (Å²) >= 11 is 0. The average Bonchev–Trinajstić information content (AvgIpc) is 2.03. The molecule has 0 fully saturated rings. The molecule has 12 heavy (non-hydrogen) atoms. The summed E-state index contributed by atoms with van der Waals surface area (Å²) in [5, 5.41) is 17.7. The number of aliphatic hydroxyl groups excluding tert-OH is 2. The fourth-order valence-electron chi connectivity index (χ4n) is 1.17. The molecule has 2 nitrogen and oxygen atoms in total. The third-order valence-electron chi connectivity index (χ3n) is 2.39. The van der Waals surface area contributed by atoms with Gasteiger partial charge in [0.2, 0.25) is 0 Å². The van der Waals surface area contributed by atoms with Crippen LogP contribution in [0.1, 0.15) is 46.0 Å². The average molecular weight is 174 g/mol. The van der Waals surface area contributed by atoms with Crippen molar-refractivity contribution in [3.05, 3.63) is 0 Å². The van der Waals surface area contributed by atoms with Crippen LogP contribution in [0.5, 0.6) is 0 Å². The first-order valence-electron chi connectivity index (χ1n) is 4.97. The first kappa shape index (κ1) is 11.9. The molecule has 0 radical (unpaired) electrons. The fraction of sp³-hybridized carbons (Fsp3) is 1.00. The van der Waals surface area contributed by atoms with E-state index in [9.17, 15) is 5.11 Å². The van der Waals surface area contributed by atoms with E-state index in [0.29, 0.717) is 12.5 Å². The van der Waals surface area contributed by atoms with E-state index in [1.165, 1.54) is 12.8 Å². The zero-order valence-corrected chi connectivity index (χ0v) is 8.29. The summed E-state index contributed by atoms with van der Waals surface area (Å²) in [6.45, 7) is 4.24. The Kier molecular flexibility index (Phi) is 7.51. The van der Waals surface area contributed by atoms with Gasteiger partial charge in [0.1, 0.15) is 0 Å². The Morgan fingerprint density at radius 2 is 1.58 bits per heavy atom. The maximum atomic E-state index is 9.18. The van der Waals surface area contributed by atoms with Crippen molar-refractivity contribution in [3.63, 3.8) is 0 Å². The van der Waals surface area contributed by atoms with Gasteiger partial charge in [0, 0.05) is 6.61 Å². The molecule has 2 unspecified atom stereocenters. The van der Waals surface area contributed by atoms with Gasteiger partial charge < -0.3 is 10.2 Å². The number of hydrogen-bond acceptors (Lipinski definition) is 2. The smallest absolute Gasteiger partial charge is 0.0537 e. The second-order valence-electron chi connectivity index (χ2n) is 3.64. The molecule has 0 aromatic heterocycles. The summed E-state index contributed by atoms with van der Waals surface area (Å²) in [7, 11) is 0. The number of hydrogen-bond donors (Lipinski definition) is 2. The summed E-state index contributed by atoms with van der Waals surface area (Å²) in [5.74, 6) is 0.416. The lowest BCUT2D eigenvalue weighted by atomic mass is 9.98. The van der Waals surface area contributed by atoms with Crippen molar-refractivity contribution in [3.8, 4) is 0 Å². The highest BCUT2D eigenvalue weighted by Crippen LogP contribution is 2.13. The van der Waals surface area contributed by atoms with Gasteiger partial charge in [0.25, 0.3) is 0 Å². The standard InChI is InChI=1S/C10H22O2/c1-9(10(2)12)7-5-3-4-6-8-11/h9-12H,3-8H2,1-2H3. The Bertz CT molecular complexity index is 91.8. The molecule has 0 aromatic rings. The minimum absolute atomic E-state index is 0.178. The van der Waals surface area contributed by atoms with Gasteiger partial charge in [-0.25, -0.2) is 0 Å². The summed E-state index contributed by atoms with van der Waals surface area (Å²) in [4.78, 5) is 0. The molecule has 2 heteroatoms. The molecular weight excluding hydrogens is 152 g/mol. The second-order valence-corrected chi connectivity index (χ2v) is 3.64. The van der Waals surface area contributed by atoms with Gasteiger partial charge in [-0.05, 0) is 25.7 Å². The monoisotopic (exact) mass is 174 g/mol. The van der Waals surface area contributed by atoms with E-state index in [1.807, 2.05) is 6.92 Å². The first-order valence-corrected chi connectivity index (χ1v) is 4.97. The molecule has 2 atom stereocenters. The normalized spacial score (nSPS) is 16.0. The van der Waals surface area contributed by atoms with Crippen LogP contribution in [0.4, 0.5) is 0 Å². The molecule has 2 N–H and O–H groups in total. The van der Waals surface area contributed by atoms with Crippen LogP contribution in [-0.2, 0) is 0 Å². The van der Waals surface area contributed by atoms with Gasteiger partial charge in [-0.2, -0.15) is 0 Å². The highest BCUT2D eigenvalue weighted by Gasteiger charge is 2.07. The third-order valence-corrected chi connectivity index (χ3v) is 2.39. The minimum Gasteiger partial charge on any atom is -0.396 e. The van der Waals surface area contributed by atoms with Gasteiger partial charge in [-0.15, -0.1) is 0 Å². The maximum absolute atomic E-state index is 9.18. The van der Waals surface area contributed by atoms with Crippen molar-refractivity contribution >= 4 is 0 Å². The Labute approximate surface area is 75.6 Å². The van der Waals surface area contributed by atoms with E-state index < -0.39 is 0 Å². The van der Waals surface area contributed by atoms with Crippen LogP contribution >= 0.6 is 0 Å². The van der Waals surface area contributed by atoms with E-state index in [2.05, 4.69) is 6.92 Å². The van der Waals surface area contributed by atoms with Crippen LogP contribution in [0.25, 0.3) is 0 Å². The lowest BCUT2D eigenvalue weighted by molar-refractivity contribution is 0.128. The van der Waals surface area contributed by atoms with Gasteiger partial charge in [-0.1, -0.05) is 26.2 Å². The predicted molar refractivity (Wildman–Crippen MR) is 51.0 cm³/mol. The highest BCUT2D eigenvalue weighted by molar-refractivity contribution is 4.58. The van der Waals surface area contributed by atoms with Crippen LogP contribution in [-0.4, -0.2) is 22.9 Å². The van der Waals surface area contributed by atoms with Crippen LogP contribution in [0.3, 0.4) is 0 Å². The summed E-state index contributed by atoms with van der Waals surface area (Å²) in [6, 6.07) is 0. The van der Waals surface area contributed by atoms with Crippen molar-refractivity contribution in [2.75, 3.05) is 6.61 Å². The van der Waals surface area contributed by atoms with E-state index in [1.54, 1.807) is 0 Å². The predicted octanol–water partition coefficient (Wildman–Crippen LogP) is 1.95. The molecule has 0 rings (SSSR count). The minimum atomic E-state index is -0.178. The summed E-state index contributed by atoms with van der Waals surface area (Å²) in [5.41, 5.74) is 0. The van der Waals surface area contributed by atoms with Gasteiger partial charge in [0.05, 0.1) is 6.10 Å². The van der Waals surface area contributed by atoms with Crippen molar-refractivity contribution in [2.24, 2.45) is 5.92 Å². The van der Waals surface area contributed by atoms with Crippen LogP contribution in [0.15, 0.2) is 0 Å². The molecular formula is C10H22O2. The maximum Gasteiger partial charge on any atom is 0.0537 e. The summed E-state index contributed by atoms with van der Waals surface area (Å²) in [6.07, 6.45) is 5.31. The molecule has 0 amide bonds. The number of unbranched alkanes of at least 4 members (excludes halogenated alkanes) is 3. The molecule has 74 valence electrons. The molecule has 0 saturated heterocycles. The van der Waals surface area contributed by atoms with Crippen molar-refractivity contribution < 1.29 is 10.2 Å². The number of aliphatic hydroxyl groups is 2. The quantitative estimate of drug-likeness (QED) is 0.579. The zero-order chi connectivity index (χ0) is 9.40. The SMILES string of the molecule is CC(O)C(C)CCCCCCO. The second kappa shape index (κ2) is 7.56. The lowest BCUT2D eigenvalue weighted by Gasteiger charge is -2.13. The topological polar surface area (TPSA) is 40.5 Å². The number of rotatable bonds is 7.